The molecule has 7 nitrogen and oxygen atoms in total. The molecule has 1 saturated heterocycles. The first-order valence-corrected chi connectivity index (χ1v) is 11.6. The van der Waals surface area contributed by atoms with Gasteiger partial charge in [-0.05, 0) is 49.7 Å². The Labute approximate surface area is 172 Å². The molecule has 0 atom stereocenters. The van der Waals surface area contributed by atoms with Crippen molar-refractivity contribution < 1.29 is 13.2 Å². The van der Waals surface area contributed by atoms with Crippen LogP contribution in [0, 0.1) is 0 Å². The minimum Gasteiger partial charge on any atom is -0.379 e. The molecule has 1 saturated carbocycles. The number of morpholine rings is 1. The number of sulfonamides is 1. The number of rotatable bonds is 5. The number of benzene rings is 1. The van der Waals surface area contributed by atoms with Gasteiger partial charge in [-0.25, -0.2) is 8.42 Å². The van der Waals surface area contributed by atoms with Crippen molar-refractivity contribution >= 4 is 33.1 Å². The summed E-state index contributed by atoms with van der Waals surface area (Å²) in [6.07, 6.45) is 6.06. The minimum absolute atomic E-state index is 0.286. The Bertz CT molecular complexity index is 797. The molecule has 2 aliphatic rings. The summed E-state index contributed by atoms with van der Waals surface area (Å²) in [4.78, 5) is 0.286. The summed E-state index contributed by atoms with van der Waals surface area (Å²) in [5.41, 5.74) is 4.47. The highest BCUT2D eigenvalue weighted by Gasteiger charge is 2.26. The Morgan fingerprint density at radius 2 is 1.79 bits per heavy atom. The first kappa shape index (κ1) is 21.2. The van der Waals surface area contributed by atoms with Crippen LogP contribution in [0.1, 0.15) is 44.6 Å². The molecule has 0 spiro atoms. The van der Waals surface area contributed by atoms with Gasteiger partial charge in [0.1, 0.15) is 0 Å². The van der Waals surface area contributed by atoms with E-state index in [2.05, 4.69) is 15.8 Å². The van der Waals surface area contributed by atoms with E-state index in [4.69, 9.17) is 17.0 Å². The molecule has 0 aromatic heterocycles. The minimum atomic E-state index is -3.48. The lowest BCUT2D eigenvalue weighted by Crippen LogP contribution is -2.41. The Morgan fingerprint density at radius 1 is 1.14 bits per heavy atom. The van der Waals surface area contributed by atoms with Crippen LogP contribution in [0.15, 0.2) is 34.3 Å². The van der Waals surface area contributed by atoms with Gasteiger partial charge < -0.3 is 10.1 Å². The summed E-state index contributed by atoms with van der Waals surface area (Å²) in [6, 6.07) is 7.21. The summed E-state index contributed by atoms with van der Waals surface area (Å²) < 4.78 is 32.0. The van der Waals surface area contributed by atoms with Gasteiger partial charge in [0.15, 0.2) is 5.11 Å². The van der Waals surface area contributed by atoms with Gasteiger partial charge in [0.2, 0.25) is 10.0 Å². The number of nitrogens with one attached hydrogen (secondary N) is 2. The maximum atomic E-state index is 12.7. The summed E-state index contributed by atoms with van der Waals surface area (Å²) >= 11 is 5.32. The lowest BCUT2D eigenvalue weighted by atomic mass is 9.96. The van der Waals surface area contributed by atoms with E-state index in [1.807, 2.05) is 6.92 Å². The van der Waals surface area contributed by atoms with E-state index in [9.17, 15) is 8.42 Å². The summed E-state index contributed by atoms with van der Waals surface area (Å²) in [5, 5.41) is 8.16. The largest absolute Gasteiger partial charge is 0.379 e. The van der Waals surface area contributed by atoms with E-state index < -0.39 is 10.0 Å². The predicted molar refractivity (Wildman–Crippen MR) is 114 cm³/mol. The van der Waals surface area contributed by atoms with E-state index in [0.717, 1.165) is 24.1 Å². The summed E-state index contributed by atoms with van der Waals surface area (Å²) in [7, 11) is -3.48. The third-order valence-electron chi connectivity index (χ3n) is 5.15. The van der Waals surface area contributed by atoms with Crippen LogP contribution >= 0.6 is 12.2 Å². The molecule has 1 aliphatic heterocycles. The maximum absolute atomic E-state index is 12.7. The normalized spacial score (nSPS) is 20.0. The quantitative estimate of drug-likeness (QED) is 0.428. The van der Waals surface area contributed by atoms with Crippen molar-refractivity contribution in [2.45, 2.75) is 50.0 Å². The third-order valence-corrected chi connectivity index (χ3v) is 7.27. The van der Waals surface area contributed by atoms with Crippen LogP contribution in [0.3, 0.4) is 0 Å². The van der Waals surface area contributed by atoms with Crippen molar-refractivity contribution in [3.05, 3.63) is 29.8 Å². The zero-order valence-corrected chi connectivity index (χ0v) is 17.8. The molecule has 0 radical (unpaired) electrons. The Hall–Kier alpha value is -1.55. The van der Waals surface area contributed by atoms with Crippen LogP contribution in [0.25, 0.3) is 0 Å². The van der Waals surface area contributed by atoms with E-state index in [0.29, 0.717) is 37.5 Å². The molecule has 1 aromatic rings. The van der Waals surface area contributed by atoms with Gasteiger partial charge >= 0.3 is 0 Å². The second-order valence-electron chi connectivity index (χ2n) is 7.16. The molecule has 0 amide bonds. The summed E-state index contributed by atoms with van der Waals surface area (Å²) in [6.45, 7) is 3.51. The van der Waals surface area contributed by atoms with E-state index in [1.54, 1.807) is 24.3 Å². The van der Waals surface area contributed by atoms with Gasteiger partial charge in [-0.1, -0.05) is 31.4 Å². The van der Waals surface area contributed by atoms with Gasteiger partial charge in [0, 0.05) is 19.1 Å². The number of hydrazone groups is 1. The van der Waals surface area contributed by atoms with Crippen LogP contribution in [0.2, 0.25) is 0 Å². The van der Waals surface area contributed by atoms with Crippen molar-refractivity contribution in [3.63, 3.8) is 0 Å². The first-order chi connectivity index (χ1) is 13.5. The molecule has 9 heteroatoms. The Kier molecular flexibility index (Phi) is 7.39. The van der Waals surface area contributed by atoms with Crippen LogP contribution < -0.4 is 10.7 Å². The first-order valence-electron chi connectivity index (χ1n) is 9.76. The van der Waals surface area contributed by atoms with Crippen molar-refractivity contribution in [1.29, 1.82) is 0 Å². The van der Waals surface area contributed by atoms with Gasteiger partial charge in [0.05, 0.1) is 23.8 Å². The van der Waals surface area contributed by atoms with Gasteiger partial charge in [-0.3, -0.25) is 5.43 Å². The molecule has 1 heterocycles. The van der Waals surface area contributed by atoms with Crippen molar-refractivity contribution in [1.82, 2.24) is 15.0 Å². The molecule has 28 heavy (non-hydrogen) atoms. The van der Waals surface area contributed by atoms with Gasteiger partial charge in [0.25, 0.3) is 0 Å². The zero-order chi connectivity index (χ0) is 20.0. The fraction of sp³-hybridized carbons (Fsp3) is 0.579. The number of nitrogens with zero attached hydrogens (tertiary/aromatic N) is 2. The molecule has 0 bridgehead atoms. The smallest absolute Gasteiger partial charge is 0.243 e. The summed E-state index contributed by atoms with van der Waals surface area (Å²) in [5.74, 6) is 0. The highest BCUT2D eigenvalue weighted by atomic mass is 32.2. The van der Waals surface area contributed by atoms with Crippen molar-refractivity contribution in [2.75, 3.05) is 26.3 Å². The van der Waals surface area contributed by atoms with Crippen molar-refractivity contribution in [2.24, 2.45) is 5.10 Å². The number of thiocarbonyl (C=S) groups is 1. The van der Waals surface area contributed by atoms with Gasteiger partial charge in [-0.15, -0.1) is 0 Å². The Balaban J connectivity index is 1.58. The molecule has 0 unspecified atom stereocenters. The van der Waals surface area contributed by atoms with Crippen molar-refractivity contribution in [3.8, 4) is 0 Å². The van der Waals surface area contributed by atoms with E-state index in [-0.39, 0.29) is 4.90 Å². The molecular formula is C19H28N4O3S2. The van der Waals surface area contributed by atoms with Crippen LogP contribution in [0.5, 0.6) is 0 Å². The molecule has 1 aliphatic carbocycles. The second-order valence-corrected chi connectivity index (χ2v) is 9.50. The standard InChI is InChI=1S/C19H28N4O3S2/c1-15(21-22-19(27)20-17-5-3-2-4-6-17)16-7-9-18(10-8-16)28(24,25)23-11-13-26-14-12-23/h7-10,17H,2-6,11-14H2,1H3,(H2,20,22,27)/b21-15+. The highest BCUT2D eigenvalue weighted by molar-refractivity contribution is 7.89. The van der Waals surface area contributed by atoms with Crippen LogP contribution in [0.4, 0.5) is 0 Å². The number of ether oxygens (including phenoxy) is 1. The fourth-order valence-electron chi connectivity index (χ4n) is 3.47. The predicted octanol–water partition coefficient (Wildman–Crippen LogP) is 2.23. The lowest BCUT2D eigenvalue weighted by molar-refractivity contribution is 0.0730. The molecule has 1 aromatic carbocycles. The highest BCUT2D eigenvalue weighted by Crippen LogP contribution is 2.18. The number of hydrogen-bond acceptors (Lipinski definition) is 5. The van der Waals surface area contributed by atoms with Crippen LogP contribution in [-0.4, -0.2) is 55.9 Å². The van der Waals surface area contributed by atoms with E-state index >= 15 is 0 Å². The number of hydrogen-bond donors (Lipinski definition) is 2. The molecular weight excluding hydrogens is 396 g/mol. The average molecular weight is 425 g/mol. The zero-order valence-electron chi connectivity index (χ0n) is 16.2. The van der Waals surface area contributed by atoms with Crippen LogP contribution in [-0.2, 0) is 14.8 Å². The maximum Gasteiger partial charge on any atom is 0.243 e. The molecule has 2 fully saturated rings. The average Bonchev–Trinajstić information content (AvgIpc) is 2.73. The molecule has 154 valence electrons. The SMILES string of the molecule is C/C(=N\NC(=S)NC1CCCCC1)c1ccc(S(=O)(=O)N2CCOCC2)cc1. The Morgan fingerprint density at radius 3 is 2.43 bits per heavy atom. The fourth-order valence-corrected chi connectivity index (χ4v) is 5.09. The third kappa shape index (κ3) is 5.50. The monoisotopic (exact) mass is 424 g/mol. The van der Waals surface area contributed by atoms with E-state index in [1.165, 1.54) is 23.6 Å². The lowest BCUT2D eigenvalue weighted by Gasteiger charge is -2.26. The molecule has 3 rings (SSSR count). The topological polar surface area (TPSA) is 83.0 Å². The molecule has 2 N–H and O–H groups in total. The van der Waals surface area contributed by atoms with Gasteiger partial charge in [-0.2, -0.15) is 9.41 Å². The second kappa shape index (κ2) is 9.78.